The zero-order valence-corrected chi connectivity index (χ0v) is 27.3. The fraction of sp³-hybridized carbons (Fsp3) is 0.500. The van der Waals surface area contributed by atoms with Gasteiger partial charge < -0.3 is 14.2 Å². The molecular weight excluding hydrogens is 556 g/mol. The van der Waals surface area contributed by atoms with Crippen molar-refractivity contribution in [3.63, 3.8) is 0 Å². The molecule has 0 aliphatic rings. The average Bonchev–Trinajstić information content (AvgIpc) is 3.03. The van der Waals surface area contributed by atoms with Crippen LogP contribution < -0.4 is 14.2 Å². The lowest BCUT2D eigenvalue weighted by molar-refractivity contribution is 0.0734. The van der Waals surface area contributed by atoms with Crippen molar-refractivity contribution in [3.8, 4) is 28.4 Å². The minimum Gasteiger partial charge on any atom is -0.493 e. The van der Waals surface area contributed by atoms with E-state index in [-0.39, 0.29) is 0 Å². The summed E-state index contributed by atoms with van der Waals surface area (Å²) in [4.78, 5) is 12.7. The maximum atomic E-state index is 12.7. The quantitative estimate of drug-likeness (QED) is 0.0687. The first-order chi connectivity index (χ1) is 21.0. The maximum Gasteiger partial charge on any atom is 0.343 e. The summed E-state index contributed by atoms with van der Waals surface area (Å²) >= 11 is 6.55. The summed E-state index contributed by atoms with van der Waals surface area (Å²) in [6.45, 7) is 7.92. The molecule has 3 aromatic rings. The minimum absolute atomic E-state index is 0.403. The van der Waals surface area contributed by atoms with Crippen LogP contribution in [0, 0.1) is 5.92 Å². The Bertz CT molecular complexity index is 1190. The molecule has 0 heterocycles. The Morgan fingerprint density at radius 3 is 1.81 bits per heavy atom. The van der Waals surface area contributed by atoms with Crippen molar-refractivity contribution < 1.29 is 19.0 Å². The number of carbonyl (C=O) groups is 1. The van der Waals surface area contributed by atoms with Gasteiger partial charge in [-0.2, -0.15) is 0 Å². The second-order valence-corrected chi connectivity index (χ2v) is 12.1. The Labute approximate surface area is 265 Å². The lowest BCUT2D eigenvalue weighted by atomic mass is 10.0. The summed E-state index contributed by atoms with van der Waals surface area (Å²) in [5.41, 5.74) is 2.42. The van der Waals surface area contributed by atoms with Crippen LogP contribution in [-0.4, -0.2) is 19.2 Å². The fourth-order valence-corrected chi connectivity index (χ4v) is 5.08. The number of esters is 1. The molecule has 0 aliphatic heterocycles. The molecular formula is C38H51ClO4. The number of hydrogen-bond donors (Lipinski definition) is 0. The Balaban J connectivity index is 1.36. The highest BCUT2D eigenvalue weighted by atomic mass is 35.5. The van der Waals surface area contributed by atoms with Gasteiger partial charge in [-0.25, -0.2) is 4.79 Å². The largest absolute Gasteiger partial charge is 0.493 e. The van der Waals surface area contributed by atoms with Crippen LogP contribution in [0.15, 0.2) is 66.7 Å². The SMILES string of the molecule is CCCCCCCCCCCCCCOc1ccc(-c2ccc(C(=O)Oc3ccc(OC[C@@H](C)CC)cc3)cc2)cc1Cl. The number of carbonyl (C=O) groups excluding carboxylic acids is 1. The molecule has 0 radical (unpaired) electrons. The normalized spacial score (nSPS) is 11.7. The Hall–Kier alpha value is -2.98. The molecule has 5 heteroatoms. The van der Waals surface area contributed by atoms with Crippen LogP contribution in [0.4, 0.5) is 0 Å². The van der Waals surface area contributed by atoms with Gasteiger partial charge >= 0.3 is 5.97 Å². The molecule has 0 fully saturated rings. The summed E-state index contributed by atoms with van der Waals surface area (Å²) in [5.74, 6) is 2.06. The van der Waals surface area contributed by atoms with Crippen molar-refractivity contribution in [1.29, 1.82) is 0 Å². The number of rotatable bonds is 21. The number of unbranched alkanes of at least 4 members (excludes halogenated alkanes) is 11. The highest BCUT2D eigenvalue weighted by Gasteiger charge is 2.11. The van der Waals surface area contributed by atoms with Crippen LogP contribution >= 0.6 is 11.6 Å². The average molecular weight is 607 g/mol. The van der Waals surface area contributed by atoms with E-state index >= 15 is 0 Å². The van der Waals surface area contributed by atoms with Gasteiger partial charge in [-0.3, -0.25) is 0 Å². The molecule has 234 valence electrons. The molecule has 0 saturated heterocycles. The first-order valence-electron chi connectivity index (χ1n) is 16.5. The second-order valence-electron chi connectivity index (χ2n) is 11.6. The summed E-state index contributed by atoms with van der Waals surface area (Å²) in [7, 11) is 0. The molecule has 0 unspecified atom stereocenters. The van der Waals surface area contributed by atoms with Gasteiger partial charge in [-0.1, -0.05) is 128 Å². The topological polar surface area (TPSA) is 44.8 Å². The summed E-state index contributed by atoms with van der Waals surface area (Å²) < 4.78 is 17.3. The fourth-order valence-electron chi connectivity index (χ4n) is 4.85. The lowest BCUT2D eigenvalue weighted by Crippen LogP contribution is -2.09. The van der Waals surface area contributed by atoms with Gasteiger partial charge in [0.15, 0.2) is 0 Å². The van der Waals surface area contributed by atoms with Crippen LogP contribution in [0.1, 0.15) is 115 Å². The molecule has 0 aromatic heterocycles. The molecule has 43 heavy (non-hydrogen) atoms. The van der Waals surface area contributed by atoms with E-state index in [0.717, 1.165) is 29.7 Å². The maximum absolute atomic E-state index is 12.7. The Morgan fingerprint density at radius 2 is 1.23 bits per heavy atom. The van der Waals surface area contributed by atoms with Crippen LogP contribution in [0.5, 0.6) is 17.2 Å². The molecule has 0 saturated carbocycles. The first kappa shape index (κ1) is 34.5. The van der Waals surface area contributed by atoms with Crippen molar-refractivity contribution >= 4 is 17.6 Å². The number of ether oxygens (including phenoxy) is 3. The van der Waals surface area contributed by atoms with E-state index in [2.05, 4.69) is 20.8 Å². The Morgan fingerprint density at radius 1 is 0.674 bits per heavy atom. The molecule has 1 atom stereocenters. The minimum atomic E-state index is -0.403. The van der Waals surface area contributed by atoms with Gasteiger partial charge in [0, 0.05) is 0 Å². The molecule has 4 nitrogen and oxygen atoms in total. The monoisotopic (exact) mass is 606 g/mol. The van der Waals surface area contributed by atoms with Crippen LogP contribution in [-0.2, 0) is 0 Å². The molecule has 0 spiro atoms. The van der Waals surface area contributed by atoms with Gasteiger partial charge in [-0.15, -0.1) is 0 Å². The van der Waals surface area contributed by atoms with E-state index in [1.54, 1.807) is 24.3 Å². The highest BCUT2D eigenvalue weighted by molar-refractivity contribution is 6.32. The Kier molecular flexibility index (Phi) is 16.1. The predicted octanol–water partition coefficient (Wildman–Crippen LogP) is 11.7. The lowest BCUT2D eigenvalue weighted by Gasteiger charge is -2.11. The third-order valence-corrected chi connectivity index (χ3v) is 8.20. The molecule has 3 rings (SSSR count). The summed E-state index contributed by atoms with van der Waals surface area (Å²) in [5, 5.41) is 0.594. The van der Waals surface area contributed by atoms with Crippen molar-refractivity contribution in [3.05, 3.63) is 77.3 Å². The summed E-state index contributed by atoms with van der Waals surface area (Å²) in [6.07, 6.45) is 16.9. The van der Waals surface area contributed by atoms with Gasteiger partial charge in [0.05, 0.1) is 23.8 Å². The van der Waals surface area contributed by atoms with Crippen LogP contribution in [0.3, 0.4) is 0 Å². The number of halogens is 1. The molecule has 0 amide bonds. The third kappa shape index (κ3) is 13.0. The first-order valence-corrected chi connectivity index (χ1v) is 16.9. The van der Waals surface area contributed by atoms with Crippen LogP contribution in [0.2, 0.25) is 5.02 Å². The van der Waals surface area contributed by atoms with Gasteiger partial charge in [0.1, 0.15) is 17.2 Å². The number of benzene rings is 3. The van der Waals surface area contributed by atoms with Gasteiger partial charge in [-0.05, 0) is 72.0 Å². The predicted molar refractivity (Wildman–Crippen MR) is 180 cm³/mol. The zero-order chi connectivity index (χ0) is 30.7. The molecule has 0 aliphatic carbocycles. The van der Waals surface area contributed by atoms with E-state index in [1.165, 1.54) is 70.6 Å². The van der Waals surface area contributed by atoms with Crippen molar-refractivity contribution in [2.75, 3.05) is 13.2 Å². The van der Waals surface area contributed by atoms with Crippen molar-refractivity contribution in [2.45, 2.75) is 104 Å². The summed E-state index contributed by atoms with van der Waals surface area (Å²) in [6, 6.07) is 20.3. The second kappa shape index (κ2) is 20.1. The molecule has 0 N–H and O–H groups in total. The van der Waals surface area contributed by atoms with E-state index in [9.17, 15) is 4.79 Å². The van der Waals surface area contributed by atoms with E-state index < -0.39 is 5.97 Å². The smallest absolute Gasteiger partial charge is 0.343 e. The van der Waals surface area contributed by atoms with Crippen molar-refractivity contribution in [2.24, 2.45) is 5.92 Å². The highest BCUT2D eigenvalue weighted by Crippen LogP contribution is 2.31. The van der Waals surface area contributed by atoms with E-state index in [1.807, 2.05) is 42.5 Å². The molecule has 0 bridgehead atoms. The third-order valence-electron chi connectivity index (χ3n) is 7.91. The zero-order valence-electron chi connectivity index (χ0n) is 26.5. The van der Waals surface area contributed by atoms with E-state index in [4.69, 9.17) is 25.8 Å². The number of hydrogen-bond acceptors (Lipinski definition) is 4. The van der Waals surface area contributed by atoms with E-state index in [0.29, 0.717) is 41.2 Å². The molecule has 3 aromatic carbocycles. The standard InChI is InChI=1S/C38H51ClO4/c1-4-6-7-8-9-10-11-12-13-14-15-16-27-41-37-26-21-33(28-36(37)39)31-17-19-32(20-18-31)38(40)43-35-24-22-34(23-25-35)42-29-30(3)5-2/h17-26,28,30H,4-16,27,29H2,1-3H3/t30-/m0/s1. The van der Waals surface area contributed by atoms with Crippen molar-refractivity contribution in [1.82, 2.24) is 0 Å². The van der Waals surface area contributed by atoms with Gasteiger partial charge in [0.2, 0.25) is 0 Å². The van der Waals surface area contributed by atoms with Crippen LogP contribution in [0.25, 0.3) is 11.1 Å². The van der Waals surface area contributed by atoms with Gasteiger partial charge in [0.25, 0.3) is 0 Å².